The fourth-order valence-corrected chi connectivity index (χ4v) is 2.50. The number of hydrogen-bond donors (Lipinski definition) is 0. The third-order valence-corrected chi connectivity index (χ3v) is 3.79. The molecule has 2 heteroatoms. The Morgan fingerprint density at radius 1 is 1.00 bits per heavy atom. The Morgan fingerprint density at radius 2 is 1.60 bits per heavy atom. The highest BCUT2D eigenvalue weighted by atomic mass is 79.9. The first-order valence-corrected chi connectivity index (χ1v) is 8.58. The van der Waals surface area contributed by atoms with Gasteiger partial charge in [-0.3, -0.25) is 0 Å². The molecule has 0 saturated heterocycles. The summed E-state index contributed by atoms with van der Waals surface area (Å²) in [4.78, 5) is 0. The van der Waals surface area contributed by atoms with E-state index < -0.39 is 0 Å². The van der Waals surface area contributed by atoms with Crippen molar-refractivity contribution in [2.75, 3.05) is 5.33 Å². The lowest BCUT2D eigenvalue weighted by molar-refractivity contribution is 0.705. The number of halogens is 1. The van der Waals surface area contributed by atoms with Gasteiger partial charge in [0.25, 0.3) is 0 Å². The standard InChI is InChI=1S/C8H19BrSi/c1-10(2)8-6-4-3-5-7-9/h10H,3-8H2,1-2H3. The van der Waals surface area contributed by atoms with Crippen molar-refractivity contribution < 1.29 is 0 Å². The maximum Gasteiger partial charge on any atom is 0.0305 e. The maximum absolute atomic E-state index is 3.44. The summed E-state index contributed by atoms with van der Waals surface area (Å²) < 4.78 is 0. The highest BCUT2D eigenvalue weighted by Gasteiger charge is 1.94. The molecule has 0 amide bonds. The molecule has 0 fully saturated rings. The van der Waals surface area contributed by atoms with Crippen LogP contribution in [0.25, 0.3) is 0 Å². The van der Waals surface area contributed by atoms with Gasteiger partial charge in [-0.1, -0.05) is 54.3 Å². The van der Waals surface area contributed by atoms with Crippen LogP contribution < -0.4 is 0 Å². The van der Waals surface area contributed by atoms with E-state index in [-0.39, 0.29) is 8.80 Å². The van der Waals surface area contributed by atoms with E-state index in [0.717, 1.165) is 0 Å². The zero-order chi connectivity index (χ0) is 7.82. The van der Waals surface area contributed by atoms with Crippen molar-refractivity contribution >= 4 is 24.7 Å². The summed E-state index contributed by atoms with van der Waals surface area (Å²) in [5.41, 5.74) is 0. The van der Waals surface area contributed by atoms with Gasteiger partial charge in [-0.25, -0.2) is 0 Å². The van der Waals surface area contributed by atoms with Crippen molar-refractivity contribution in [1.29, 1.82) is 0 Å². The molecule has 0 aromatic heterocycles. The van der Waals surface area contributed by atoms with Gasteiger partial charge in [-0.15, -0.1) is 0 Å². The number of rotatable bonds is 6. The summed E-state index contributed by atoms with van der Waals surface area (Å²) in [6.45, 7) is 4.87. The third-order valence-electron chi connectivity index (χ3n) is 1.67. The minimum Gasteiger partial charge on any atom is -0.0928 e. The Hall–Kier alpha value is 0.697. The van der Waals surface area contributed by atoms with Gasteiger partial charge in [0.2, 0.25) is 0 Å². The predicted molar refractivity (Wildman–Crippen MR) is 55.9 cm³/mol. The molecule has 10 heavy (non-hydrogen) atoms. The maximum atomic E-state index is 3.44. The van der Waals surface area contributed by atoms with Gasteiger partial charge in [-0.2, -0.15) is 0 Å². The zero-order valence-corrected chi connectivity index (χ0v) is 9.94. The third kappa shape index (κ3) is 8.70. The summed E-state index contributed by atoms with van der Waals surface area (Å²) >= 11 is 3.44. The molecule has 0 aromatic carbocycles. The normalized spacial score (nSPS) is 10.8. The van der Waals surface area contributed by atoms with E-state index in [9.17, 15) is 0 Å². The van der Waals surface area contributed by atoms with Crippen LogP contribution in [0.5, 0.6) is 0 Å². The Bertz CT molecular complexity index is 64.3. The summed E-state index contributed by atoms with van der Waals surface area (Å²) in [7, 11) is -0.234. The highest BCUT2D eigenvalue weighted by molar-refractivity contribution is 9.09. The van der Waals surface area contributed by atoms with Gasteiger partial charge in [-0.05, 0) is 6.42 Å². The van der Waals surface area contributed by atoms with Crippen molar-refractivity contribution in [2.24, 2.45) is 0 Å². The molecule has 0 spiro atoms. The lowest BCUT2D eigenvalue weighted by Crippen LogP contribution is -1.97. The van der Waals surface area contributed by atoms with Crippen LogP contribution in [-0.2, 0) is 0 Å². The quantitative estimate of drug-likeness (QED) is 0.367. The largest absolute Gasteiger partial charge is 0.0928 e. The van der Waals surface area contributed by atoms with Crippen LogP contribution in [0.4, 0.5) is 0 Å². The molecule has 0 radical (unpaired) electrons. The minimum atomic E-state index is -0.234. The van der Waals surface area contributed by atoms with Crippen molar-refractivity contribution in [3.8, 4) is 0 Å². The molecular weight excluding hydrogens is 204 g/mol. The first-order chi connectivity index (χ1) is 4.77. The minimum absolute atomic E-state index is 0.234. The molecule has 0 nitrogen and oxygen atoms in total. The van der Waals surface area contributed by atoms with E-state index in [4.69, 9.17) is 0 Å². The fraction of sp³-hybridized carbons (Fsp3) is 1.00. The molecule has 0 saturated carbocycles. The highest BCUT2D eigenvalue weighted by Crippen LogP contribution is 2.06. The van der Waals surface area contributed by atoms with Gasteiger partial charge < -0.3 is 0 Å². The van der Waals surface area contributed by atoms with Crippen LogP contribution in [0, 0.1) is 0 Å². The Labute approximate surface area is 75.1 Å². The summed E-state index contributed by atoms with van der Waals surface area (Å²) in [6, 6.07) is 1.54. The zero-order valence-electron chi connectivity index (χ0n) is 7.20. The molecule has 0 atom stereocenters. The van der Waals surface area contributed by atoms with E-state index in [0.29, 0.717) is 0 Å². The second-order valence-corrected chi connectivity index (χ2v) is 7.44. The molecular formula is C8H19BrSi. The molecule has 0 unspecified atom stereocenters. The first-order valence-electron chi connectivity index (χ1n) is 4.33. The van der Waals surface area contributed by atoms with Crippen molar-refractivity contribution in [1.82, 2.24) is 0 Å². The Morgan fingerprint density at radius 3 is 2.10 bits per heavy atom. The van der Waals surface area contributed by atoms with Crippen LogP contribution >= 0.6 is 15.9 Å². The summed E-state index contributed by atoms with van der Waals surface area (Å²) in [5.74, 6) is 0. The molecule has 0 aromatic rings. The lowest BCUT2D eigenvalue weighted by Gasteiger charge is -2.01. The second kappa shape index (κ2) is 7.80. The topological polar surface area (TPSA) is 0 Å². The van der Waals surface area contributed by atoms with Gasteiger partial charge in [0.1, 0.15) is 0 Å². The number of unbranched alkanes of at least 4 members (excludes halogenated alkanes) is 3. The Balaban J connectivity index is 2.77. The van der Waals surface area contributed by atoms with Gasteiger partial charge in [0.05, 0.1) is 0 Å². The molecule has 0 aliphatic rings. The monoisotopic (exact) mass is 222 g/mol. The van der Waals surface area contributed by atoms with Crippen LogP contribution in [-0.4, -0.2) is 14.1 Å². The van der Waals surface area contributed by atoms with Crippen molar-refractivity contribution in [2.45, 2.75) is 44.8 Å². The van der Waals surface area contributed by atoms with E-state index in [1.807, 2.05) is 0 Å². The van der Waals surface area contributed by atoms with Crippen LogP contribution in [0.15, 0.2) is 0 Å². The first kappa shape index (κ1) is 10.7. The number of hydrogen-bond acceptors (Lipinski definition) is 0. The second-order valence-electron chi connectivity index (χ2n) is 3.29. The summed E-state index contributed by atoms with van der Waals surface area (Å²) in [6.07, 6.45) is 5.72. The van der Waals surface area contributed by atoms with E-state index >= 15 is 0 Å². The van der Waals surface area contributed by atoms with Gasteiger partial charge in [0, 0.05) is 14.1 Å². The average Bonchev–Trinajstić information content (AvgIpc) is 1.87. The van der Waals surface area contributed by atoms with Crippen LogP contribution in [0.1, 0.15) is 25.7 Å². The molecule has 0 heterocycles. The molecule has 0 aliphatic carbocycles. The Kier molecular flexibility index (Phi) is 8.34. The molecule has 0 N–H and O–H groups in total. The number of alkyl halides is 1. The van der Waals surface area contributed by atoms with Crippen molar-refractivity contribution in [3.05, 3.63) is 0 Å². The fourth-order valence-electron chi connectivity index (χ4n) is 1.00. The van der Waals surface area contributed by atoms with Crippen molar-refractivity contribution in [3.63, 3.8) is 0 Å². The molecule has 62 valence electrons. The smallest absolute Gasteiger partial charge is 0.0305 e. The van der Waals surface area contributed by atoms with E-state index in [1.165, 1.54) is 31.0 Å². The van der Waals surface area contributed by atoms with Crippen LogP contribution in [0.2, 0.25) is 19.1 Å². The lowest BCUT2D eigenvalue weighted by atomic mass is 10.2. The van der Waals surface area contributed by atoms with E-state index in [2.05, 4.69) is 29.0 Å². The predicted octanol–water partition coefficient (Wildman–Crippen LogP) is 3.43. The molecule has 0 aliphatic heterocycles. The average molecular weight is 223 g/mol. The van der Waals surface area contributed by atoms with Crippen LogP contribution in [0.3, 0.4) is 0 Å². The SMILES string of the molecule is C[SiH](C)CCCCCCBr. The summed E-state index contributed by atoms with van der Waals surface area (Å²) in [5, 5.41) is 1.19. The van der Waals surface area contributed by atoms with Gasteiger partial charge >= 0.3 is 0 Å². The molecule has 0 bridgehead atoms. The van der Waals surface area contributed by atoms with E-state index in [1.54, 1.807) is 6.04 Å². The molecule has 0 rings (SSSR count). The van der Waals surface area contributed by atoms with Gasteiger partial charge in [0.15, 0.2) is 0 Å².